The highest BCUT2D eigenvalue weighted by molar-refractivity contribution is 6.08. The van der Waals surface area contributed by atoms with Gasteiger partial charge in [-0.2, -0.15) is 0 Å². The molecule has 0 heterocycles. The van der Waals surface area contributed by atoms with Crippen molar-refractivity contribution in [2.45, 2.75) is 25.8 Å². The Hall–Kier alpha value is -4.41. The minimum atomic E-state index is -1.20. The van der Waals surface area contributed by atoms with Crippen molar-refractivity contribution in [1.29, 1.82) is 5.41 Å². The molecule has 2 aromatic carbocycles. The largest absolute Gasteiger partial charge is 0.480 e. The number of benzene rings is 2. The fraction of sp³-hybridized carbons (Fsp3) is 0.227. The number of anilines is 1. The smallest absolute Gasteiger partial charge is 0.407 e. The molecular formula is C22H25N5O6. The fourth-order valence-corrected chi connectivity index (χ4v) is 2.74. The van der Waals surface area contributed by atoms with Crippen LogP contribution in [0.4, 0.5) is 10.5 Å². The molecule has 0 aromatic heterocycles. The molecule has 0 saturated carbocycles. The van der Waals surface area contributed by atoms with Gasteiger partial charge in [-0.3, -0.25) is 20.3 Å². The van der Waals surface area contributed by atoms with Crippen LogP contribution in [0.5, 0.6) is 0 Å². The van der Waals surface area contributed by atoms with Gasteiger partial charge < -0.3 is 26.2 Å². The van der Waals surface area contributed by atoms with Crippen LogP contribution in [0.25, 0.3) is 0 Å². The van der Waals surface area contributed by atoms with E-state index < -0.39 is 35.9 Å². The standard InChI is InChI=1S/C22H25N5O6/c1-2-10-33-22(32)26-17(20(30)31)11-13-6-8-16(9-7-13)25-18(28)14-4-3-5-15(12-14)19(29)27-21(23)24/h3-9,12,17H,2,10-11H2,1H3,(H,25,28)(H,26,32)(H,30,31)(H4,23,24,27,29)/t17-/m0/s1. The van der Waals surface area contributed by atoms with E-state index in [1.165, 1.54) is 24.3 Å². The van der Waals surface area contributed by atoms with Crippen LogP contribution in [-0.2, 0) is 16.0 Å². The number of carboxylic acid groups (broad SMARTS) is 1. The lowest BCUT2D eigenvalue weighted by molar-refractivity contribution is -0.139. The van der Waals surface area contributed by atoms with E-state index in [9.17, 15) is 24.3 Å². The zero-order valence-electron chi connectivity index (χ0n) is 17.9. The molecule has 1 atom stereocenters. The molecule has 0 aliphatic carbocycles. The second kappa shape index (κ2) is 11.8. The van der Waals surface area contributed by atoms with Crippen molar-refractivity contribution < 1.29 is 29.0 Å². The number of amides is 3. The van der Waals surface area contributed by atoms with E-state index in [1.54, 1.807) is 24.3 Å². The third-order valence-corrected chi connectivity index (χ3v) is 4.31. The third-order valence-electron chi connectivity index (χ3n) is 4.31. The van der Waals surface area contributed by atoms with E-state index in [-0.39, 0.29) is 24.2 Å². The molecule has 2 aromatic rings. The van der Waals surface area contributed by atoms with Crippen molar-refractivity contribution in [1.82, 2.24) is 10.6 Å². The summed E-state index contributed by atoms with van der Waals surface area (Å²) in [6, 6.07) is 11.2. The van der Waals surface area contributed by atoms with Gasteiger partial charge in [0.1, 0.15) is 6.04 Å². The molecule has 11 heteroatoms. The van der Waals surface area contributed by atoms with E-state index in [1.807, 2.05) is 6.92 Å². The second-order valence-corrected chi connectivity index (χ2v) is 6.97. The molecule has 0 aliphatic heterocycles. The number of hydrogen-bond acceptors (Lipinski definition) is 6. The molecule has 174 valence electrons. The van der Waals surface area contributed by atoms with Crippen molar-refractivity contribution in [3.63, 3.8) is 0 Å². The monoisotopic (exact) mass is 455 g/mol. The third kappa shape index (κ3) is 7.98. The number of aliphatic carboxylic acids is 1. The summed E-state index contributed by atoms with van der Waals surface area (Å²) in [5.74, 6) is -2.78. The Labute approximate surface area is 189 Å². The van der Waals surface area contributed by atoms with Gasteiger partial charge in [-0.05, 0) is 42.3 Å². The number of guanidine groups is 1. The molecule has 3 amide bonds. The molecule has 0 unspecified atom stereocenters. The molecule has 2 rings (SSSR count). The van der Waals surface area contributed by atoms with Crippen LogP contribution in [-0.4, -0.2) is 47.6 Å². The second-order valence-electron chi connectivity index (χ2n) is 6.97. The van der Waals surface area contributed by atoms with Crippen molar-refractivity contribution in [3.8, 4) is 0 Å². The van der Waals surface area contributed by atoms with Crippen LogP contribution in [0.3, 0.4) is 0 Å². The number of carboxylic acids is 1. The first-order valence-electron chi connectivity index (χ1n) is 10.0. The molecule has 11 nitrogen and oxygen atoms in total. The Balaban J connectivity index is 2.01. The Kier molecular flexibility index (Phi) is 8.92. The molecular weight excluding hydrogens is 430 g/mol. The van der Waals surface area contributed by atoms with Crippen LogP contribution in [0.15, 0.2) is 48.5 Å². The van der Waals surface area contributed by atoms with Crippen molar-refractivity contribution in [3.05, 3.63) is 65.2 Å². The lowest BCUT2D eigenvalue weighted by Crippen LogP contribution is -2.42. The zero-order valence-corrected chi connectivity index (χ0v) is 17.9. The van der Waals surface area contributed by atoms with Gasteiger partial charge in [0.2, 0.25) is 0 Å². The first kappa shape index (κ1) is 24.9. The molecule has 0 fully saturated rings. The van der Waals surface area contributed by atoms with Crippen LogP contribution < -0.4 is 21.7 Å². The summed E-state index contributed by atoms with van der Waals surface area (Å²) in [5.41, 5.74) is 6.60. The molecule has 0 saturated heterocycles. The summed E-state index contributed by atoms with van der Waals surface area (Å²) < 4.78 is 4.85. The lowest BCUT2D eigenvalue weighted by Gasteiger charge is -2.15. The number of rotatable bonds is 9. The van der Waals surface area contributed by atoms with E-state index in [0.29, 0.717) is 17.7 Å². The molecule has 0 radical (unpaired) electrons. The summed E-state index contributed by atoms with van der Waals surface area (Å²) in [5, 5.41) is 23.6. The highest BCUT2D eigenvalue weighted by Gasteiger charge is 2.21. The summed E-state index contributed by atoms with van der Waals surface area (Å²) in [6.45, 7) is 2.02. The van der Waals surface area contributed by atoms with Gasteiger partial charge in [0, 0.05) is 23.2 Å². The maximum absolute atomic E-state index is 12.5. The lowest BCUT2D eigenvalue weighted by atomic mass is 10.1. The highest BCUT2D eigenvalue weighted by Crippen LogP contribution is 2.14. The van der Waals surface area contributed by atoms with Gasteiger partial charge in [-0.25, -0.2) is 9.59 Å². The summed E-state index contributed by atoms with van der Waals surface area (Å²) in [4.78, 5) is 47.6. The van der Waals surface area contributed by atoms with Crippen molar-refractivity contribution >= 4 is 35.5 Å². The predicted octanol–water partition coefficient (Wildman–Crippen LogP) is 1.69. The van der Waals surface area contributed by atoms with E-state index in [0.717, 1.165) is 0 Å². The first-order chi connectivity index (χ1) is 15.7. The van der Waals surface area contributed by atoms with Crippen molar-refractivity contribution in [2.75, 3.05) is 11.9 Å². The van der Waals surface area contributed by atoms with Gasteiger partial charge in [-0.1, -0.05) is 25.1 Å². The van der Waals surface area contributed by atoms with Crippen LogP contribution in [0.2, 0.25) is 0 Å². The summed E-state index contributed by atoms with van der Waals surface area (Å²) in [7, 11) is 0. The topological polar surface area (TPSA) is 184 Å². The number of carbonyl (C=O) groups excluding carboxylic acids is 3. The Bertz CT molecular complexity index is 1040. The SMILES string of the molecule is CCCOC(=O)N[C@@H](Cc1ccc(NC(=O)c2cccc(C(=O)NC(=N)N)c2)cc1)C(=O)O. The molecule has 0 aliphatic rings. The number of ether oxygens (including phenoxy) is 1. The maximum atomic E-state index is 12.5. The van der Waals surface area contributed by atoms with Gasteiger partial charge in [-0.15, -0.1) is 0 Å². The van der Waals surface area contributed by atoms with Crippen LogP contribution >= 0.6 is 0 Å². The predicted molar refractivity (Wildman–Crippen MR) is 120 cm³/mol. The van der Waals surface area contributed by atoms with E-state index in [2.05, 4.69) is 16.0 Å². The van der Waals surface area contributed by atoms with Crippen molar-refractivity contribution in [2.24, 2.45) is 5.73 Å². The summed E-state index contributed by atoms with van der Waals surface area (Å²) in [6.07, 6.45) is -0.154. The average Bonchev–Trinajstić information content (AvgIpc) is 2.78. The van der Waals surface area contributed by atoms with E-state index in [4.69, 9.17) is 15.9 Å². The fourth-order valence-electron chi connectivity index (χ4n) is 2.74. The first-order valence-corrected chi connectivity index (χ1v) is 10.0. The summed E-state index contributed by atoms with van der Waals surface area (Å²) >= 11 is 0. The van der Waals surface area contributed by atoms with Gasteiger partial charge in [0.05, 0.1) is 6.61 Å². The quantitative estimate of drug-likeness (QED) is 0.245. The number of hydrogen-bond donors (Lipinski definition) is 6. The Morgan fingerprint density at radius 2 is 1.70 bits per heavy atom. The normalized spacial score (nSPS) is 11.1. The minimum Gasteiger partial charge on any atom is -0.480 e. The molecule has 0 spiro atoms. The average molecular weight is 455 g/mol. The number of carbonyl (C=O) groups is 4. The Morgan fingerprint density at radius 3 is 2.27 bits per heavy atom. The van der Waals surface area contributed by atoms with E-state index >= 15 is 0 Å². The molecule has 33 heavy (non-hydrogen) atoms. The minimum absolute atomic E-state index is 0.0259. The van der Waals surface area contributed by atoms with Crippen LogP contribution in [0, 0.1) is 5.41 Å². The Morgan fingerprint density at radius 1 is 1.06 bits per heavy atom. The number of nitrogens with two attached hydrogens (primary N) is 1. The van der Waals surface area contributed by atoms with Gasteiger partial charge >= 0.3 is 12.1 Å². The number of nitrogens with one attached hydrogen (secondary N) is 4. The van der Waals surface area contributed by atoms with Gasteiger partial charge in [0.25, 0.3) is 11.8 Å². The van der Waals surface area contributed by atoms with Crippen LogP contribution in [0.1, 0.15) is 39.6 Å². The zero-order chi connectivity index (χ0) is 24.4. The molecule has 7 N–H and O–H groups in total. The highest BCUT2D eigenvalue weighted by atomic mass is 16.5. The van der Waals surface area contributed by atoms with Gasteiger partial charge in [0.15, 0.2) is 5.96 Å². The maximum Gasteiger partial charge on any atom is 0.407 e. The molecule has 0 bridgehead atoms. The number of alkyl carbamates (subject to hydrolysis) is 1.